The number of hydrogen-bond donors (Lipinski definition) is 2. The van der Waals surface area contributed by atoms with Crippen LogP contribution in [-0.4, -0.2) is 44.6 Å². The minimum Gasteiger partial charge on any atom is -0.394 e. The predicted molar refractivity (Wildman–Crippen MR) is 68.2 cm³/mol. The monoisotopic (exact) mass is 236 g/mol. The third-order valence-corrected chi connectivity index (χ3v) is 3.04. The summed E-state index contributed by atoms with van der Waals surface area (Å²) in [4.78, 5) is 2.29. The van der Waals surface area contributed by atoms with Crippen LogP contribution in [0, 0.1) is 0 Å². The standard InChI is InChI=1S/C13H20N2O2/c1-14-8-11-4-2-3-5-13(11)15-6-7-17-12(9-15)10-16/h2-5,12,14,16H,6-10H2,1H3. The van der Waals surface area contributed by atoms with E-state index in [2.05, 4.69) is 34.5 Å². The molecule has 0 spiro atoms. The molecule has 1 atom stereocenters. The molecular formula is C13H20N2O2. The number of benzene rings is 1. The number of aliphatic hydroxyl groups excluding tert-OH is 1. The molecule has 2 N–H and O–H groups in total. The molecule has 17 heavy (non-hydrogen) atoms. The maximum absolute atomic E-state index is 9.16. The minimum absolute atomic E-state index is 0.0635. The second kappa shape index (κ2) is 6.00. The molecular weight excluding hydrogens is 216 g/mol. The van der Waals surface area contributed by atoms with E-state index in [1.54, 1.807) is 0 Å². The van der Waals surface area contributed by atoms with E-state index in [1.165, 1.54) is 11.3 Å². The van der Waals surface area contributed by atoms with Crippen molar-refractivity contribution in [2.45, 2.75) is 12.6 Å². The molecule has 1 aliphatic rings. The summed E-state index contributed by atoms with van der Waals surface area (Å²) in [5.41, 5.74) is 2.53. The second-order valence-corrected chi connectivity index (χ2v) is 4.28. The van der Waals surface area contributed by atoms with Gasteiger partial charge in [-0.1, -0.05) is 18.2 Å². The van der Waals surface area contributed by atoms with E-state index in [4.69, 9.17) is 9.84 Å². The van der Waals surface area contributed by atoms with Gasteiger partial charge in [0.2, 0.25) is 0 Å². The molecule has 0 aliphatic carbocycles. The average molecular weight is 236 g/mol. The molecule has 1 aromatic carbocycles. The maximum atomic E-state index is 9.16. The SMILES string of the molecule is CNCc1ccccc1N1CCOC(CO)C1. The number of hydrogen-bond acceptors (Lipinski definition) is 4. The number of para-hydroxylation sites is 1. The molecule has 0 amide bonds. The number of morpholine rings is 1. The van der Waals surface area contributed by atoms with Gasteiger partial charge in [0, 0.05) is 25.3 Å². The first kappa shape index (κ1) is 12.4. The molecule has 4 nitrogen and oxygen atoms in total. The van der Waals surface area contributed by atoms with Crippen LogP contribution in [0.3, 0.4) is 0 Å². The van der Waals surface area contributed by atoms with Gasteiger partial charge in [0.05, 0.1) is 19.3 Å². The molecule has 0 saturated carbocycles. The Balaban J connectivity index is 2.15. The lowest BCUT2D eigenvalue weighted by Gasteiger charge is -2.35. The molecule has 1 heterocycles. The van der Waals surface area contributed by atoms with Crippen molar-refractivity contribution in [3.05, 3.63) is 29.8 Å². The first-order valence-corrected chi connectivity index (χ1v) is 6.05. The van der Waals surface area contributed by atoms with Crippen molar-refractivity contribution in [2.75, 3.05) is 38.3 Å². The maximum Gasteiger partial charge on any atom is 0.0980 e. The number of nitrogens with one attached hydrogen (secondary N) is 1. The van der Waals surface area contributed by atoms with Crippen LogP contribution in [0.5, 0.6) is 0 Å². The van der Waals surface area contributed by atoms with E-state index < -0.39 is 0 Å². The fraction of sp³-hybridized carbons (Fsp3) is 0.538. The molecule has 2 rings (SSSR count). The number of nitrogens with zero attached hydrogens (tertiary/aromatic N) is 1. The zero-order valence-corrected chi connectivity index (χ0v) is 10.2. The Labute approximate surface area is 102 Å². The lowest BCUT2D eigenvalue weighted by Crippen LogP contribution is -2.44. The van der Waals surface area contributed by atoms with Crippen LogP contribution in [-0.2, 0) is 11.3 Å². The third-order valence-electron chi connectivity index (χ3n) is 3.04. The van der Waals surface area contributed by atoms with Gasteiger partial charge in [-0.15, -0.1) is 0 Å². The highest BCUT2D eigenvalue weighted by Crippen LogP contribution is 2.22. The zero-order chi connectivity index (χ0) is 12.1. The Morgan fingerprint density at radius 1 is 1.47 bits per heavy atom. The molecule has 0 aromatic heterocycles. The van der Waals surface area contributed by atoms with Crippen LogP contribution < -0.4 is 10.2 Å². The van der Waals surface area contributed by atoms with Crippen LogP contribution in [0.2, 0.25) is 0 Å². The Kier molecular flexibility index (Phi) is 4.36. The Hall–Kier alpha value is -1.10. The summed E-state index contributed by atoms with van der Waals surface area (Å²) in [5.74, 6) is 0. The quantitative estimate of drug-likeness (QED) is 0.804. The van der Waals surface area contributed by atoms with Crippen LogP contribution in [0.1, 0.15) is 5.56 Å². The summed E-state index contributed by atoms with van der Waals surface area (Å²) in [6.07, 6.45) is -0.0635. The Morgan fingerprint density at radius 3 is 3.06 bits per heavy atom. The topological polar surface area (TPSA) is 44.7 Å². The van der Waals surface area contributed by atoms with Gasteiger partial charge >= 0.3 is 0 Å². The summed E-state index contributed by atoms with van der Waals surface area (Å²) >= 11 is 0. The Morgan fingerprint density at radius 2 is 2.29 bits per heavy atom. The van der Waals surface area contributed by atoms with Gasteiger partial charge in [0.1, 0.15) is 0 Å². The highest BCUT2D eigenvalue weighted by atomic mass is 16.5. The van der Waals surface area contributed by atoms with Gasteiger partial charge in [0.15, 0.2) is 0 Å². The van der Waals surface area contributed by atoms with Gasteiger partial charge in [-0.05, 0) is 18.7 Å². The fourth-order valence-corrected chi connectivity index (χ4v) is 2.21. The van der Waals surface area contributed by atoms with Crippen LogP contribution in [0.15, 0.2) is 24.3 Å². The molecule has 1 saturated heterocycles. The number of anilines is 1. The lowest BCUT2D eigenvalue weighted by atomic mass is 10.1. The lowest BCUT2D eigenvalue weighted by molar-refractivity contribution is 0.00352. The third kappa shape index (κ3) is 2.97. The number of ether oxygens (including phenoxy) is 1. The molecule has 1 aromatic rings. The summed E-state index contributed by atoms with van der Waals surface area (Å²) < 4.78 is 5.47. The smallest absolute Gasteiger partial charge is 0.0980 e. The fourth-order valence-electron chi connectivity index (χ4n) is 2.21. The normalized spacial score (nSPS) is 20.6. The number of aliphatic hydroxyl groups is 1. The molecule has 0 bridgehead atoms. The van der Waals surface area contributed by atoms with Crippen molar-refractivity contribution >= 4 is 5.69 Å². The van der Waals surface area contributed by atoms with Crippen molar-refractivity contribution in [2.24, 2.45) is 0 Å². The van der Waals surface area contributed by atoms with E-state index in [0.29, 0.717) is 6.61 Å². The van der Waals surface area contributed by atoms with Gasteiger partial charge in [-0.2, -0.15) is 0 Å². The summed E-state index contributed by atoms with van der Waals surface area (Å²) in [6, 6.07) is 8.37. The van der Waals surface area contributed by atoms with Gasteiger partial charge in [-0.3, -0.25) is 0 Å². The van der Waals surface area contributed by atoms with Gasteiger partial charge < -0.3 is 20.1 Å². The summed E-state index contributed by atoms with van der Waals surface area (Å²) in [6.45, 7) is 3.27. The highest BCUT2D eigenvalue weighted by Gasteiger charge is 2.21. The molecule has 0 radical (unpaired) electrons. The summed E-state index contributed by atoms with van der Waals surface area (Å²) in [7, 11) is 1.95. The Bertz CT molecular complexity index is 357. The molecule has 1 unspecified atom stereocenters. The first-order valence-electron chi connectivity index (χ1n) is 6.05. The van der Waals surface area contributed by atoms with E-state index in [1.807, 2.05) is 7.05 Å². The minimum atomic E-state index is -0.0635. The summed E-state index contributed by atoms with van der Waals surface area (Å²) in [5, 5.41) is 12.3. The average Bonchev–Trinajstić information content (AvgIpc) is 2.40. The van der Waals surface area contributed by atoms with Crippen molar-refractivity contribution in [3.8, 4) is 0 Å². The first-order chi connectivity index (χ1) is 8.35. The zero-order valence-electron chi connectivity index (χ0n) is 10.2. The second-order valence-electron chi connectivity index (χ2n) is 4.28. The predicted octanol–water partition coefficient (Wildman–Crippen LogP) is 0.603. The van der Waals surface area contributed by atoms with Crippen LogP contribution in [0.25, 0.3) is 0 Å². The highest BCUT2D eigenvalue weighted by molar-refractivity contribution is 5.54. The van der Waals surface area contributed by atoms with Crippen molar-refractivity contribution in [1.29, 1.82) is 0 Å². The van der Waals surface area contributed by atoms with E-state index in [-0.39, 0.29) is 12.7 Å². The van der Waals surface area contributed by atoms with Gasteiger partial charge in [0.25, 0.3) is 0 Å². The van der Waals surface area contributed by atoms with Gasteiger partial charge in [-0.25, -0.2) is 0 Å². The molecule has 1 aliphatic heterocycles. The van der Waals surface area contributed by atoms with E-state index in [0.717, 1.165) is 19.6 Å². The van der Waals surface area contributed by atoms with E-state index in [9.17, 15) is 0 Å². The molecule has 1 fully saturated rings. The van der Waals surface area contributed by atoms with Crippen molar-refractivity contribution < 1.29 is 9.84 Å². The van der Waals surface area contributed by atoms with Crippen molar-refractivity contribution in [1.82, 2.24) is 5.32 Å². The van der Waals surface area contributed by atoms with Crippen LogP contribution in [0.4, 0.5) is 5.69 Å². The largest absolute Gasteiger partial charge is 0.394 e. The van der Waals surface area contributed by atoms with E-state index >= 15 is 0 Å². The van der Waals surface area contributed by atoms with Crippen molar-refractivity contribution in [3.63, 3.8) is 0 Å². The number of rotatable bonds is 4. The molecule has 4 heteroatoms. The molecule has 94 valence electrons. The van der Waals surface area contributed by atoms with Crippen LogP contribution >= 0.6 is 0 Å².